The Morgan fingerprint density at radius 2 is 1.94 bits per heavy atom. The van der Waals surface area contributed by atoms with E-state index >= 15 is 0 Å². The summed E-state index contributed by atoms with van der Waals surface area (Å²) in [4.78, 5) is 0.817. The van der Waals surface area contributed by atoms with Crippen molar-refractivity contribution in [2.75, 3.05) is 0 Å². The third-order valence-corrected chi connectivity index (χ3v) is 4.85. The molecular weight excluding hydrogens is 303 g/mol. The van der Waals surface area contributed by atoms with E-state index in [9.17, 15) is 9.50 Å². The molecule has 0 radical (unpaired) electrons. The summed E-state index contributed by atoms with van der Waals surface area (Å²) < 4.78 is 14.4. The van der Waals surface area contributed by atoms with Crippen LogP contribution >= 0.6 is 27.3 Å². The first-order valence-corrected chi connectivity index (χ1v) is 6.80. The predicted octanol–water partition coefficient (Wildman–Crippen LogP) is 4.35. The molecule has 0 aliphatic carbocycles. The maximum absolute atomic E-state index is 13.4. The molecule has 4 heteroatoms. The topological polar surface area (TPSA) is 20.2 Å². The number of aryl methyl sites for hydroxylation is 2. The summed E-state index contributed by atoms with van der Waals surface area (Å²) in [5, 5.41) is 10.2. The van der Waals surface area contributed by atoms with Gasteiger partial charge in [-0.2, -0.15) is 0 Å². The van der Waals surface area contributed by atoms with Gasteiger partial charge in [0.1, 0.15) is 11.9 Å². The molecule has 0 saturated carbocycles. The molecule has 1 aromatic heterocycles. The number of aliphatic hydroxyl groups is 1. The Kier molecular flexibility index (Phi) is 3.66. The lowest BCUT2D eigenvalue weighted by atomic mass is 10.1. The second-order valence-corrected chi connectivity index (χ2v) is 6.42. The number of thiophene rings is 1. The standard InChI is InChI=1S/C13H12BrFOS/c1-7-3-4-9(6-10(7)15)12(16)11-5-8(2)13(14)17-11/h3-6,12,16H,1-2H3. The van der Waals surface area contributed by atoms with Crippen molar-refractivity contribution in [2.45, 2.75) is 20.0 Å². The van der Waals surface area contributed by atoms with Gasteiger partial charge in [0.25, 0.3) is 0 Å². The summed E-state index contributed by atoms with van der Waals surface area (Å²) in [5.74, 6) is -0.283. The Morgan fingerprint density at radius 3 is 2.47 bits per heavy atom. The van der Waals surface area contributed by atoms with Crippen LogP contribution in [0.1, 0.15) is 27.7 Å². The average molecular weight is 315 g/mol. The highest BCUT2D eigenvalue weighted by Crippen LogP contribution is 2.34. The fraction of sp³-hybridized carbons (Fsp3) is 0.231. The summed E-state index contributed by atoms with van der Waals surface area (Å²) >= 11 is 4.89. The van der Waals surface area contributed by atoms with Gasteiger partial charge in [0.05, 0.1) is 3.79 Å². The van der Waals surface area contributed by atoms with E-state index in [2.05, 4.69) is 15.9 Å². The highest BCUT2D eigenvalue weighted by Gasteiger charge is 2.15. The number of rotatable bonds is 2. The molecule has 0 aliphatic heterocycles. The zero-order chi connectivity index (χ0) is 12.6. The van der Waals surface area contributed by atoms with E-state index in [1.165, 1.54) is 17.4 Å². The summed E-state index contributed by atoms with van der Waals surface area (Å²) in [6.45, 7) is 3.67. The van der Waals surface area contributed by atoms with Gasteiger partial charge < -0.3 is 5.11 Å². The van der Waals surface area contributed by atoms with Gasteiger partial charge in [0.15, 0.2) is 0 Å². The summed E-state index contributed by atoms with van der Waals surface area (Å²) in [6, 6.07) is 6.75. The highest BCUT2D eigenvalue weighted by atomic mass is 79.9. The first-order valence-electron chi connectivity index (χ1n) is 5.19. The second kappa shape index (κ2) is 4.88. The van der Waals surface area contributed by atoms with Crippen LogP contribution in [0.5, 0.6) is 0 Å². The molecule has 0 saturated heterocycles. The molecule has 2 aromatic rings. The van der Waals surface area contributed by atoms with Crippen LogP contribution in [0.15, 0.2) is 28.1 Å². The van der Waals surface area contributed by atoms with E-state index < -0.39 is 6.10 Å². The SMILES string of the molecule is Cc1ccc(C(O)c2cc(C)c(Br)s2)cc1F. The lowest BCUT2D eigenvalue weighted by molar-refractivity contribution is 0.223. The van der Waals surface area contributed by atoms with E-state index in [0.717, 1.165) is 14.2 Å². The van der Waals surface area contributed by atoms with Crippen LogP contribution in [0.2, 0.25) is 0 Å². The first kappa shape index (κ1) is 12.7. The van der Waals surface area contributed by atoms with Gasteiger partial charge in [0.2, 0.25) is 0 Å². The maximum Gasteiger partial charge on any atom is 0.126 e. The van der Waals surface area contributed by atoms with Crippen molar-refractivity contribution in [3.8, 4) is 0 Å². The molecule has 0 aliphatic rings. The van der Waals surface area contributed by atoms with Crippen LogP contribution in [-0.4, -0.2) is 5.11 Å². The Hall–Kier alpha value is -0.710. The van der Waals surface area contributed by atoms with Gasteiger partial charge in [-0.3, -0.25) is 0 Å². The Labute approximate surface area is 112 Å². The van der Waals surface area contributed by atoms with Crippen LogP contribution < -0.4 is 0 Å². The molecular formula is C13H12BrFOS. The van der Waals surface area contributed by atoms with E-state index in [0.29, 0.717) is 11.1 Å². The zero-order valence-corrected chi connectivity index (χ0v) is 11.9. The third-order valence-electron chi connectivity index (χ3n) is 2.66. The van der Waals surface area contributed by atoms with Crippen molar-refractivity contribution in [3.63, 3.8) is 0 Å². The lowest BCUT2D eigenvalue weighted by Gasteiger charge is -2.09. The number of benzene rings is 1. The molecule has 1 N–H and O–H groups in total. The normalized spacial score (nSPS) is 12.8. The van der Waals surface area contributed by atoms with E-state index in [4.69, 9.17) is 0 Å². The molecule has 17 heavy (non-hydrogen) atoms. The van der Waals surface area contributed by atoms with Gasteiger partial charge in [-0.15, -0.1) is 11.3 Å². The van der Waals surface area contributed by atoms with Crippen molar-refractivity contribution < 1.29 is 9.50 Å². The largest absolute Gasteiger partial charge is 0.383 e. The van der Waals surface area contributed by atoms with Crippen molar-refractivity contribution in [1.29, 1.82) is 0 Å². The molecule has 1 unspecified atom stereocenters. The molecule has 1 atom stereocenters. The fourth-order valence-electron chi connectivity index (χ4n) is 1.56. The second-order valence-electron chi connectivity index (χ2n) is 4.02. The molecule has 0 spiro atoms. The van der Waals surface area contributed by atoms with Crippen LogP contribution in [-0.2, 0) is 0 Å². The molecule has 90 valence electrons. The summed E-state index contributed by atoms with van der Waals surface area (Å²) in [5.41, 5.74) is 2.25. The molecule has 0 amide bonds. The van der Waals surface area contributed by atoms with Gasteiger partial charge in [-0.1, -0.05) is 12.1 Å². The third kappa shape index (κ3) is 2.59. The highest BCUT2D eigenvalue weighted by molar-refractivity contribution is 9.11. The maximum atomic E-state index is 13.4. The Bertz CT molecular complexity index is 531. The number of hydrogen-bond acceptors (Lipinski definition) is 2. The van der Waals surface area contributed by atoms with Crippen molar-refractivity contribution in [2.24, 2.45) is 0 Å². The number of aliphatic hydroxyl groups excluding tert-OH is 1. The summed E-state index contributed by atoms with van der Waals surface area (Å²) in [7, 11) is 0. The Balaban J connectivity index is 2.36. The zero-order valence-electron chi connectivity index (χ0n) is 9.50. The quantitative estimate of drug-likeness (QED) is 0.873. The summed E-state index contributed by atoms with van der Waals surface area (Å²) in [6.07, 6.45) is -0.764. The molecule has 2 rings (SSSR count). The first-order chi connectivity index (χ1) is 7.99. The minimum absolute atomic E-state index is 0.283. The van der Waals surface area contributed by atoms with Crippen molar-refractivity contribution >= 4 is 27.3 Å². The molecule has 0 bridgehead atoms. The average Bonchev–Trinajstić information content (AvgIpc) is 2.62. The van der Waals surface area contributed by atoms with Crippen molar-refractivity contribution in [1.82, 2.24) is 0 Å². The molecule has 1 heterocycles. The fourth-order valence-corrected chi connectivity index (χ4v) is 3.15. The molecule has 1 nitrogen and oxygen atoms in total. The van der Waals surface area contributed by atoms with E-state index in [1.54, 1.807) is 19.1 Å². The monoisotopic (exact) mass is 314 g/mol. The number of hydrogen-bond donors (Lipinski definition) is 1. The van der Waals surface area contributed by atoms with Crippen LogP contribution in [0.25, 0.3) is 0 Å². The van der Waals surface area contributed by atoms with E-state index in [-0.39, 0.29) is 5.82 Å². The van der Waals surface area contributed by atoms with Gasteiger partial charge in [0, 0.05) is 4.88 Å². The lowest BCUT2D eigenvalue weighted by Crippen LogP contribution is -1.98. The van der Waals surface area contributed by atoms with Crippen LogP contribution in [0, 0.1) is 19.7 Å². The molecule has 1 aromatic carbocycles. The van der Waals surface area contributed by atoms with E-state index in [1.807, 2.05) is 13.0 Å². The van der Waals surface area contributed by atoms with Crippen LogP contribution in [0.4, 0.5) is 4.39 Å². The van der Waals surface area contributed by atoms with Crippen molar-refractivity contribution in [3.05, 3.63) is 55.4 Å². The predicted molar refractivity (Wildman–Crippen MR) is 72.0 cm³/mol. The van der Waals surface area contributed by atoms with Crippen LogP contribution in [0.3, 0.4) is 0 Å². The van der Waals surface area contributed by atoms with Gasteiger partial charge in [-0.05, 0) is 58.6 Å². The van der Waals surface area contributed by atoms with Gasteiger partial charge >= 0.3 is 0 Å². The molecule has 0 fully saturated rings. The minimum atomic E-state index is -0.764. The van der Waals surface area contributed by atoms with Gasteiger partial charge in [-0.25, -0.2) is 4.39 Å². The smallest absolute Gasteiger partial charge is 0.126 e. The Morgan fingerprint density at radius 1 is 1.24 bits per heavy atom. The minimum Gasteiger partial charge on any atom is -0.383 e. The number of halogens is 2.